The molecule has 1 aliphatic carbocycles. The van der Waals surface area contributed by atoms with E-state index >= 15 is 0 Å². The van der Waals surface area contributed by atoms with Crippen molar-refractivity contribution < 1.29 is 22.7 Å². The number of anilines is 1. The molecule has 178 valence electrons. The first-order chi connectivity index (χ1) is 15.8. The predicted octanol–water partition coefficient (Wildman–Crippen LogP) is 4.43. The van der Waals surface area contributed by atoms with Gasteiger partial charge in [-0.3, -0.25) is 4.79 Å². The first-order valence-electron chi connectivity index (χ1n) is 11.1. The fraction of sp³-hybridized carbons (Fsp3) is 0.522. The molecule has 1 unspecified atom stereocenters. The first kappa shape index (κ1) is 23.9. The van der Waals surface area contributed by atoms with E-state index in [1.54, 1.807) is 6.92 Å². The molecule has 2 aliphatic rings. The third-order valence-electron chi connectivity index (χ3n) is 6.26. The molecule has 6 nitrogen and oxygen atoms in total. The van der Waals surface area contributed by atoms with E-state index in [4.69, 9.17) is 16.3 Å². The van der Waals surface area contributed by atoms with E-state index < -0.39 is 23.8 Å². The lowest BCUT2D eigenvalue weighted by Gasteiger charge is -2.23. The van der Waals surface area contributed by atoms with Crippen LogP contribution in [0.25, 0.3) is 0 Å². The number of ketones is 1. The van der Waals surface area contributed by atoms with Crippen molar-refractivity contribution in [3.63, 3.8) is 0 Å². The van der Waals surface area contributed by atoms with Crippen LogP contribution in [0, 0.1) is 11.7 Å². The highest BCUT2D eigenvalue weighted by atomic mass is 35.5. The van der Waals surface area contributed by atoms with Crippen molar-refractivity contribution >= 4 is 23.2 Å². The van der Waals surface area contributed by atoms with Gasteiger partial charge in [0.1, 0.15) is 11.6 Å². The Morgan fingerprint density at radius 3 is 2.82 bits per heavy atom. The van der Waals surface area contributed by atoms with Gasteiger partial charge in [-0.25, -0.2) is 23.1 Å². The van der Waals surface area contributed by atoms with Gasteiger partial charge >= 0.3 is 0 Å². The second-order valence-electron chi connectivity index (χ2n) is 8.54. The summed E-state index contributed by atoms with van der Waals surface area (Å²) in [5.41, 5.74) is 1.16. The van der Waals surface area contributed by atoms with Crippen molar-refractivity contribution in [1.29, 1.82) is 0 Å². The number of fused-ring (bicyclic) bond motifs is 1. The van der Waals surface area contributed by atoms with E-state index in [-0.39, 0.29) is 28.6 Å². The highest BCUT2D eigenvalue weighted by Crippen LogP contribution is 2.36. The lowest BCUT2D eigenvalue weighted by atomic mass is 9.96. The molecule has 0 radical (unpaired) electrons. The van der Waals surface area contributed by atoms with E-state index in [0.717, 1.165) is 17.3 Å². The molecule has 0 saturated carbocycles. The quantitative estimate of drug-likeness (QED) is 0.542. The first-order valence-corrected chi connectivity index (χ1v) is 11.4. The van der Waals surface area contributed by atoms with Crippen LogP contribution >= 0.6 is 11.6 Å². The Bertz CT molecular complexity index is 1020. The molecule has 3 atom stereocenters. The van der Waals surface area contributed by atoms with Crippen LogP contribution in [0.1, 0.15) is 54.6 Å². The Morgan fingerprint density at radius 2 is 2.09 bits per heavy atom. The number of hydrogen-bond acceptors (Lipinski definition) is 6. The lowest BCUT2D eigenvalue weighted by molar-refractivity contribution is -0.124. The van der Waals surface area contributed by atoms with Crippen LogP contribution in [0.3, 0.4) is 0 Å². The number of hydrogen-bond donors (Lipinski definition) is 2. The van der Waals surface area contributed by atoms with Gasteiger partial charge < -0.3 is 15.4 Å². The molecule has 2 heterocycles. The normalized spacial score (nSPS) is 21.2. The molecule has 1 aromatic carbocycles. The lowest BCUT2D eigenvalue weighted by Crippen LogP contribution is -2.46. The number of halogens is 4. The van der Waals surface area contributed by atoms with Crippen LogP contribution in [-0.4, -0.2) is 41.6 Å². The fourth-order valence-corrected chi connectivity index (χ4v) is 4.67. The number of morpholine rings is 1. The summed E-state index contributed by atoms with van der Waals surface area (Å²) in [7, 11) is 0. The second kappa shape index (κ2) is 10.4. The van der Waals surface area contributed by atoms with Gasteiger partial charge in [0.15, 0.2) is 5.78 Å². The average Bonchev–Trinajstić information content (AvgIpc) is 3.21. The van der Waals surface area contributed by atoms with Gasteiger partial charge in [-0.1, -0.05) is 18.2 Å². The molecule has 0 spiro atoms. The number of aromatic nitrogens is 2. The van der Waals surface area contributed by atoms with Crippen molar-refractivity contribution in [3.05, 3.63) is 51.7 Å². The number of benzene rings is 1. The maximum atomic E-state index is 14.6. The van der Waals surface area contributed by atoms with Crippen molar-refractivity contribution in [2.75, 3.05) is 25.1 Å². The van der Waals surface area contributed by atoms with Crippen molar-refractivity contribution in [2.45, 2.75) is 51.1 Å². The van der Waals surface area contributed by atoms with Gasteiger partial charge in [-0.15, -0.1) is 0 Å². The van der Waals surface area contributed by atoms with Crippen molar-refractivity contribution in [1.82, 2.24) is 15.3 Å². The van der Waals surface area contributed by atoms with E-state index in [1.165, 1.54) is 12.1 Å². The molecule has 0 bridgehead atoms. The Labute approximate surface area is 195 Å². The summed E-state index contributed by atoms with van der Waals surface area (Å²) in [6.45, 7) is 3.37. The Morgan fingerprint density at radius 1 is 1.30 bits per heavy atom. The Balaban J connectivity index is 1.44. The van der Waals surface area contributed by atoms with Crippen LogP contribution in [-0.2, 0) is 22.4 Å². The van der Waals surface area contributed by atoms with Crippen LogP contribution in [0.2, 0.25) is 5.28 Å². The molecule has 0 amide bonds. The topological polar surface area (TPSA) is 76.1 Å². The summed E-state index contributed by atoms with van der Waals surface area (Å²) in [4.78, 5) is 21.1. The van der Waals surface area contributed by atoms with Crippen molar-refractivity contribution in [3.8, 4) is 0 Å². The minimum atomic E-state index is -2.89. The smallest absolute Gasteiger partial charge is 0.266 e. The third kappa shape index (κ3) is 5.47. The number of nitrogens with zero attached hydrogens (tertiary/aromatic N) is 2. The summed E-state index contributed by atoms with van der Waals surface area (Å²) < 4.78 is 46.1. The predicted molar refractivity (Wildman–Crippen MR) is 118 cm³/mol. The van der Waals surface area contributed by atoms with Gasteiger partial charge in [0.25, 0.3) is 6.43 Å². The van der Waals surface area contributed by atoms with E-state index in [2.05, 4.69) is 20.6 Å². The van der Waals surface area contributed by atoms with Crippen LogP contribution in [0.4, 0.5) is 19.0 Å². The minimum absolute atomic E-state index is 0.0607. The number of alkyl halides is 2. The molecule has 10 heteroatoms. The molecule has 2 N–H and O–H groups in total. The van der Waals surface area contributed by atoms with E-state index in [0.29, 0.717) is 51.3 Å². The molecule has 1 aromatic heterocycles. The maximum absolute atomic E-state index is 14.6. The Hall–Kier alpha value is -2.23. The maximum Gasteiger partial charge on any atom is 0.266 e. The largest absolute Gasteiger partial charge is 0.378 e. The summed E-state index contributed by atoms with van der Waals surface area (Å²) in [5.74, 6) is -0.122. The van der Waals surface area contributed by atoms with Gasteiger partial charge in [0.2, 0.25) is 5.28 Å². The number of ether oxygens (including phenoxy) is 1. The number of rotatable bonds is 8. The SMILES string of the molecule is C[C@@H](Nc1nc(Cl)nc2c1CC(CCC(=O)[C@@H]1COCCN1)C2)c1cccc(C(F)F)c1F. The zero-order chi connectivity index (χ0) is 23.5. The number of nitrogens with one attached hydrogen (secondary N) is 2. The second-order valence-corrected chi connectivity index (χ2v) is 8.88. The zero-order valence-electron chi connectivity index (χ0n) is 18.2. The summed E-state index contributed by atoms with van der Waals surface area (Å²) in [6, 6.07) is 3.09. The van der Waals surface area contributed by atoms with Crippen LogP contribution < -0.4 is 10.6 Å². The standard InChI is InChI=1S/C23H26ClF3N4O2/c1-12(14-3-2-4-15(20(14)25)21(26)27)29-22-16-9-13(10-17(16)30-23(24)31-22)5-6-19(32)18-11-33-8-7-28-18/h2-4,12-13,18,21,28H,5-11H2,1H3,(H,29,30,31)/t12-,13?,18+/m1/s1. The Kier molecular flexibility index (Phi) is 7.51. The molecule has 1 fully saturated rings. The number of Topliss-reactive ketones (excluding diaryl/α,β-unsaturated/α-hetero) is 1. The summed E-state index contributed by atoms with van der Waals surface area (Å²) in [5, 5.41) is 6.37. The van der Waals surface area contributed by atoms with Crippen LogP contribution in [0.15, 0.2) is 18.2 Å². The highest BCUT2D eigenvalue weighted by Gasteiger charge is 2.30. The molecule has 1 aliphatic heterocycles. The minimum Gasteiger partial charge on any atom is -0.378 e. The molecular weight excluding hydrogens is 457 g/mol. The molecule has 2 aromatic rings. The van der Waals surface area contributed by atoms with E-state index in [9.17, 15) is 18.0 Å². The van der Waals surface area contributed by atoms with Gasteiger partial charge in [0, 0.05) is 24.1 Å². The van der Waals surface area contributed by atoms with Crippen molar-refractivity contribution in [2.24, 2.45) is 5.92 Å². The summed E-state index contributed by atoms with van der Waals surface area (Å²) in [6.07, 6.45) is -0.439. The molecule has 33 heavy (non-hydrogen) atoms. The zero-order valence-corrected chi connectivity index (χ0v) is 19.0. The molecule has 1 saturated heterocycles. The average molecular weight is 483 g/mol. The number of carbonyl (C=O) groups excluding carboxylic acids is 1. The summed E-state index contributed by atoms with van der Waals surface area (Å²) >= 11 is 6.12. The molecular formula is C23H26ClF3N4O2. The van der Waals surface area contributed by atoms with Crippen LogP contribution in [0.5, 0.6) is 0 Å². The van der Waals surface area contributed by atoms with Gasteiger partial charge in [-0.05, 0) is 43.7 Å². The number of carbonyl (C=O) groups is 1. The fourth-order valence-electron chi connectivity index (χ4n) is 4.49. The van der Waals surface area contributed by atoms with Gasteiger partial charge in [0.05, 0.1) is 36.6 Å². The van der Waals surface area contributed by atoms with E-state index in [1.807, 2.05) is 0 Å². The molecule has 4 rings (SSSR count). The third-order valence-corrected chi connectivity index (χ3v) is 6.43. The highest BCUT2D eigenvalue weighted by molar-refractivity contribution is 6.28. The van der Waals surface area contributed by atoms with Gasteiger partial charge in [-0.2, -0.15) is 0 Å². The monoisotopic (exact) mass is 482 g/mol.